The molecule has 1 aromatic carbocycles. The molecule has 2 aromatic rings. The SMILES string of the molecule is NCC(NCC(F)F)c1ccc2ncccc2c1. The fourth-order valence-electron chi connectivity index (χ4n) is 1.88. The van der Waals surface area contributed by atoms with Gasteiger partial charge in [0.25, 0.3) is 6.43 Å². The van der Waals surface area contributed by atoms with Crippen molar-refractivity contribution in [1.29, 1.82) is 0 Å². The maximum Gasteiger partial charge on any atom is 0.250 e. The lowest BCUT2D eigenvalue weighted by atomic mass is 10.0. The topological polar surface area (TPSA) is 50.9 Å². The standard InChI is InChI=1S/C13H15F2N3/c14-13(15)8-18-12(7-16)10-3-4-11-9(6-10)2-1-5-17-11/h1-6,12-13,18H,7-8,16H2. The second-order valence-corrected chi connectivity index (χ2v) is 4.04. The van der Waals surface area contributed by atoms with Gasteiger partial charge in [0.1, 0.15) is 0 Å². The summed E-state index contributed by atoms with van der Waals surface area (Å²) in [5, 5.41) is 3.73. The minimum Gasteiger partial charge on any atom is -0.329 e. The van der Waals surface area contributed by atoms with E-state index in [1.165, 1.54) is 0 Å². The molecule has 18 heavy (non-hydrogen) atoms. The minimum atomic E-state index is -2.37. The zero-order chi connectivity index (χ0) is 13.0. The van der Waals surface area contributed by atoms with Crippen molar-refractivity contribution in [3.63, 3.8) is 0 Å². The van der Waals surface area contributed by atoms with Gasteiger partial charge in [-0.1, -0.05) is 12.1 Å². The van der Waals surface area contributed by atoms with E-state index in [4.69, 9.17) is 5.73 Å². The Morgan fingerprint density at radius 1 is 1.28 bits per heavy atom. The summed E-state index contributed by atoms with van der Waals surface area (Å²) in [7, 11) is 0. The van der Waals surface area contributed by atoms with E-state index in [1.807, 2.05) is 30.3 Å². The van der Waals surface area contributed by atoms with Crippen LogP contribution in [0.4, 0.5) is 8.78 Å². The fourth-order valence-corrected chi connectivity index (χ4v) is 1.88. The van der Waals surface area contributed by atoms with Crippen LogP contribution in [-0.4, -0.2) is 24.5 Å². The highest BCUT2D eigenvalue weighted by Crippen LogP contribution is 2.18. The first kappa shape index (κ1) is 12.9. The van der Waals surface area contributed by atoms with Crippen molar-refractivity contribution >= 4 is 10.9 Å². The lowest BCUT2D eigenvalue weighted by Gasteiger charge is -2.17. The number of benzene rings is 1. The van der Waals surface area contributed by atoms with Crippen LogP contribution < -0.4 is 11.1 Å². The van der Waals surface area contributed by atoms with Crippen LogP contribution in [0.25, 0.3) is 10.9 Å². The number of hydrogen-bond donors (Lipinski definition) is 2. The molecule has 5 heteroatoms. The molecule has 0 amide bonds. The first-order valence-corrected chi connectivity index (χ1v) is 5.77. The number of rotatable bonds is 5. The van der Waals surface area contributed by atoms with Crippen molar-refractivity contribution in [1.82, 2.24) is 10.3 Å². The van der Waals surface area contributed by atoms with Gasteiger partial charge in [-0.25, -0.2) is 8.78 Å². The molecule has 0 aliphatic heterocycles. The summed E-state index contributed by atoms with van der Waals surface area (Å²) in [6.07, 6.45) is -0.654. The van der Waals surface area contributed by atoms with Crippen molar-refractivity contribution in [3.8, 4) is 0 Å². The molecule has 1 atom stereocenters. The molecule has 1 aromatic heterocycles. The van der Waals surface area contributed by atoms with Crippen molar-refractivity contribution in [2.24, 2.45) is 5.73 Å². The van der Waals surface area contributed by atoms with Crippen molar-refractivity contribution < 1.29 is 8.78 Å². The third-order valence-electron chi connectivity index (χ3n) is 2.78. The van der Waals surface area contributed by atoms with Crippen LogP contribution >= 0.6 is 0 Å². The number of pyridine rings is 1. The maximum absolute atomic E-state index is 12.2. The summed E-state index contributed by atoms with van der Waals surface area (Å²) < 4.78 is 24.4. The van der Waals surface area contributed by atoms with Gasteiger partial charge in [-0.15, -0.1) is 0 Å². The van der Waals surface area contributed by atoms with Gasteiger partial charge in [0.2, 0.25) is 0 Å². The Morgan fingerprint density at radius 3 is 2.83 bits per heavy atom. The second kappa shape index (κ2) is 5.84. The molecule has 96 valence electrons. The van der Waals surface area contributed by atoms with E-state index >= 15 is 0 Å². The largest absolute Gasteiger partial charge is 0.329 e. The molecule has 0 saturated carbocycles. The molecule has 0 aliphatic rings. The number of halogens is 2. The Bertz CT molecular complexity index is 516. The van der Waals surface area contributed by atoms with Crippen molar-refractivity contribution in [2.75, 3.05) is 13.1 Å². The van der Waals surface area contributed by atoms with E-state index in [9.17, 15) is 8.78 Å². The molecule has 0 saturated heterocycles. The molecule has 0 radical (unpaired) electrons. The molecule has 2 rings (SSSR count). The normalized spacial score (nSPS) is 13.1. The number of nitrogens with two attached hydrogens (primary N) is 1. The predicted octanol–water partition coefficient (Wildman–Crippen LogP) is 2.09. The zero-order valence-corrected chi connectivity index (χ0v) is 9.81. The van der Waals surface area contributed by atoms with Crippen LogP contribution in [0.15, 0.2) is 36.5 Å². The Kier molecular flexibility index (Phi) is 4.17. The molecule has 1 unspecified atom stereocenters. The Hall–Kier alpha value is -1.59. The zero-order valence-electron chi connectivity index (χ0n) is 9.81. The first-order chi connectivity index (χ1) is 8.70. The lowest BCUT2D eigenvalue weighted by Crippen LogP contribution is -2.31. The Balaban J connectivity index is 2.22. The quantitative estimate of drug-likeness (QED) is 0.855. The highest BCUT2D eigenvalue weighted by molar-refractivity contribution is 5.79. The number of hydrogen-bond acceptors (Lipinski definition) is 3. The third-order valence-corrected chi connectivity index (χ3v) is 2.78. The van der Waals surface area contributed by atoms with Gasteiger partial charge in [0.05, 0.1) is 12.1 Å². The van der Waals surface area contributed by atoms with Crippen LogP contribution in [0, 0.1) is 0 Å². The monoisotopic (exact) mass is 251 g/mol. The summed E-state index contributed by atoms with van der Waals surface area (Å²) in [6.45, 7) is -0.0779. The van der Waals surface area contributed by atoms with Crippen LogP contribution in [0.2, 0.25) is 0 Å². The highest BCUT2D eigenvalue weighted by Gasteiger charge is 2.12. The van der Waals surface area contributed by atoms with Gasteiger partial charge >= 0.3 is 0 Å². The molecule has 3 N–H and O–H groups in total. The van der Waals surface area contributed by atoms with Crippen LogP contribution in [0.5, 0.6) is 0 Å². The molecule has 0 spiro atoms. The fraction of sp³-hybridized carbons (Fsp3) is 0.308. The highest BCUT2D eigenvalue weighted by atomic mass is 19.3. The van der Waals surface area contributed by atoms with Crippen LogP contribution in [0.1, 0.15) is 11.6 Å². The molecule has 1 heterocycles. The van der Waals surface area contributed by atoms with Gasteiger partial charge in [-0.3, -0.25) is 4.98 Å². The molecule has 0 bridgehead atoms. The summed E-state index contributed by atoms with van der Waals surface area (Å²) in [6, 6.07) is 9.19. The number of nitrogens with zero attached hydrogens (tertiary/aromatic N) is 1. The van der Waals surface area contributed by atoms with Crippen molar-refractivity contribution in [3.05, 3.63) is 42.1 Å². The number of aromatic nitrogens is 1. The van der Waals surface area contributed by atoms with E-state index in [-0.39, 0.29) is 19.1 Å². The average Bonchev–Trinajstić information content (AvgIpc) is 2.39. The maximum atomic E-state index is 12.2. The lowest BCUT2D eigenvalue weighted by molar-refractivity contribution is 0.141. The van der Waals surface area contributed by atoms with Gasteiger partial charge < -0.3 is 11.1 Å². The number of alkyl halides is 2. The van der Waals surface area contributed by atoms with E-state index in [2.05, 4.69) is 10.3 Å². The first-order valence-electron chi connectivity index (χ1n) is 5.77. The third kappa shape index (κ3) is 3.00. The summed E-state index contributed by atoms with van der Waals surface area (Å²) in [5.74, 6) is 0. The van der Waals surface area contributed by atoms with E-state index < -0.39 is 6.43 Å². The molecular formula is C13H15F2N3. The number of fused-ring (bicyclic) bond motifs is 1. The molecule has 3 nitrogen and oxygen atoms in total. The van der Waals surface area contributed by atoms with Crippen LogP contribution in [-0.2, 0) is 0 Å². The minimum absolute atomic E-state index is 0.261. The van der Waals surface area contributed by atoms with E-state index in [0.29, 0.717) is 0 Å². The molecule has 0 aliphatic carbocycles. The predicted molar refractivity (Wildman–Crippen MR) is 67.5 cm³/mol. The van der Waals surface area contributed by atoms with Crippen molar-refractivity contribution in [2.45, 2.75) is 12.5 Å². The summed E-state index contributed by atoms with van der Waals surface area (Å²) in [4.78, 5) is 4.21. The van der Waals surface area contributed by atoms with Crippen LogP contribution in [0.3, 0.4) is 0 Å². The summed E-state index contributed by atoms with van der Waals surface area (Å²) in [5.41, 5.74) is 7.39. The molecule has 0 fully saturated rings. The molecular weight excluding hydrogens is 236 g/mol. The number of nitrogens with one attached hydrogen (secondary N) is 1. The smallest absolute Gasteiger partial charge is 0.250 e. The average molecular weight is 251 g/mol. The van der Waals surface area contributed by atoms with E-state index in [1.54, 1.807) is 6.20 Å². The van der Waals surface area contributed by atoms with Gasteiger partial charge in [-0.05, 0) is 23.8 Å². The van der Waals surface area contributed by atoms with Gasteiger partial charge in [-0.2, -0.15) is 0 Å². The van der Waals surface area contributed by atoms with Gasteiger partial charge in [0, 0.05) is 24.2 Å². The second-order valence-electron chi connectivity index (χ2n) is 4.04. The van der Waals surface area contributed by atoms with E-state index in [0.717, 1.165) is 16.5 Å². The Morgan fingerprint density at radius 2 is 2.11 bits per heavy atom. The van der Waals surface area contributed by atoms with Gasteiger partial charge in [0.15, 0.2) is 0 Å². The summed E-state index contributed by atoms with van der Waals surface area (Å²) >= 11 is 0. The Labute approximate surface area is 104 Å².